The highest BCUT2D eigenvalue weighted by molar-refractivity contribution is 5.95. The number of hydrogen-bond acceptors (Lipinski definition) is 6. The van der Waals surface area contributed by atoms with Crippen LogP contribution in [0.3, 0.4) is 0 Å². The number of pyridine rings is 1. The molecule has 5 heterocycles. The summed E-state index contributed by atoms with van der Waals surface area (Å²) in [5, 5.41) is 21.2. The smallest absolute Gasteiger partial charge is 0.274 e. The topological polar surface area (TPSA) is 114 Å². The van der Waals surface area contributed by atoms with E-state index < -0.39 is 6.23 Å². The number of fused-ring (bicyclic) bond motifs is 2. The summed E-state index contributed by atoms with van der Waals surface area (Å²) in [5.41, 5.74) is 4.88. The average Bonchev–Trinajstić information content (AvgIpc) is 3.69. The van der Waals surface area contributed by atoms with Crippen molar-refractivity contribution in [2.45, 2.75) is 32.0 Å². The molecule has 1 aromatic carbocycles. The Morgan fingerprint density at radius 2 is 1.95 bits per heavy atom. The van der Waals surface area contributed by atoms with E-state index in [1.54, 1.807) is 7.05 Å². The zero-order chi connectivity index (χ0) is 27.6. The number of nitrogens with zero attached hydrogens (tertiary/aromatic N) is 6. The number of amides is 1. The second-order valence-corrected chi connectivity index (χ2v) is 9.88. The second-order valence-electron chi connectivity index (χ2n) is 9.88. The summed E-state index contributed by atoms with van der Waals surface area (Å²) in [7, 11) is 1.68. The molecule has 1 amide bonds. The molecule has 6 rings (SSSR count). The van der Waals surface area contributed by atoms with Gasteiger partial charge in [-0.15, -0.1) is 0 Å². The van der Waals surface area contributed by atoms with Gasteiger partial charge in [-0.05, 0) is 24.6 Å². The highest BCUT2D eigenvalue weighted by Gasteiger charge is 2.23. The van der Waals surface area contributed by atoms with Crippen LogP contribution in [-0.4, -0.2) is 39.7 Å². The number of aliphatic hydroxyl groups is 1. The number of allylic oxidation sites excluding steroid dienone is 2. The standard InChI is InChI=1S/C30H30N8O2/c1-20-11-12-22(13-15-38-19-25(35-28(20)38)21-8-4-3-5-9-21)34-30(40)27-24(17-32-36(27)2)29(39)31-16-23-18-37-14-7-6-10-26(37)33-23/h3-10,12-15,17-20,29,31,39H,11,16H2,1-2H3,(H,34,40). The van der Waals surface area contributed by atoms with Crippen LogP contribution in [0.2, 0.25) is 0 Å². The first kappa shape index (κ1) is 25.5. The Labute approximate surface area is 231 Å². The van der Waals surface area contributed by atoms with E-state index in [4.69, 9.17) is 4.98 Å². The highest BCUT2D eigenvalue weighted by Crippen LogP contribution is 2.27. The number of imidazole rings is 2. The van der Waals surface area contributed by atoms with Gasteiger partial charge in [0.1, 0.15) is 23.4 Å². The number of hydrogen-bond donors (Lipinski definition) is 3. The van der Waals surface area contributed by atoms with Crippen molar-refractivity contribution in [3.63, 3.8) is 0 Å². The van der Waals surface area contributed by atoms with Crippen molar-refractivity contribution >= 4 is 17.8 Å². The van der Waals surface area contributed by atoms with Crippen LogP contribution in [0.4, 0.5) is 0 Å². The Kier molecular flexibility index (Phi) is 6.85. The fourth-order valence-corrected chi connectivity index (χ4v) is 4.88. The van der Waals surface area contributed by atoms with Crippen LogP contribution < -0.4 is 10.6 Å². The van der Waals surface area contributed by atoms with Crippen molar-refractivity contribution in [2.75, 3.05) is 0 Å². The summed E-state index contributed by atoms with van der Waals surface area (Å²) in [6, 6.07) is 15.8. The van der Waals surface area contributed by atoms with E-state index in [1.165, 1.54) is 10.9 Å². The van der Waals surface area contributed by atoms with Gasteiger partial charge >= 0.3 is 0 Å². The van der Waals surface area contributed by atoms with Gasteiger partial charge in [0.05, 0.1) is 17.6 Å². The molecule has 0 saturated heterocycles. The third-order valence-electron chi connectivity index (χ3n) is 7.00. The van der Waals surface area contributed by atoms with E-state index >= 15 is 0 Å². The normalized spacial score (nSPS) is 15.8. The van der Waals surface area contributed by atoms with Crippen LogP contribution >= 0.6 is 0 Å². The van der Waals surface area contributed by atoms with Gasteiger partial charge in [-0.25, -0.2) is 9.97 Å². The van der Waals surface area contributed by atoms with Gasteiger partial charge < -0.3 is 19.4 Å². The molecule has 3 N–H and O–H groups in total. The lowest BCUT2D eigenvalue weighted by molar-refractivity contribution is 0.0941. The quantitative estimate of drug-likeness (QED) is 0.272. The third-order valence-corrected chi connectivity index (χ3v) is 7.00. The van der Waals surface area contributed by atoms with Gasteiger partial charge in [-0.1, -0.05) is 49.4 Å². The Hall–Kier alpha value is -4.80. The van der Waals surface area contributed by atoms with E-state index in [9.17, 15) is 9.90 Å². The molecule has 5 aromatic rings. The molecule has 0 fully saturated rings. The van der Waals surface area contributed by atoms with E-state index in [0.717, 1.165) is 28.4 Å². The summed E-state index contributed by atoms with van der Waals surface area (Å²) in [4.78, 5) is 22.8. The first-order valence-electron chi connectivity index (χ1n) is 13.2. The monoisotopic (exact) mass is 534 g/mol. The SMILES string of the molecule is CC1CC=C(NC(=O)c2c(C(O)NCc3cn4ccccc4n3)cnn2C)C=Cn2cc(-c3ccccc3)nc21. The molecule has 0 spiro atoms. The number of rotatable bonds is 7. The Morgan fingerprint density at radius 1 is 1.12 bits per heavy atom. The number of aryl methyl sites for hydroxylation is 1. The van der Waals surface area contributed by atoms with Crippen LogP contribution in [0.25, 0.3) is 23.1 Å². The van der Waals surface area contributed by atoms with Crippen LogP contribution in [0.5, 0.6) is 0 Å². The molecule has 1 aliphatic rings. The Morgan fingerprint density at radius 3 is 2.77 bits per heavy atom. The molecule has 0 radical (unpaired) electrons. The Bertz CT molecular complexity index is 1690. The number of aliphatic hydroxyl groups excluding tert-OH is 1. The minimum Gasteiger partial charge on any atom is -0.374 e. The van der Waals surface area contributed by atoms with Gasteiger partial charge in [0.2, 0.25) is 0 Å². The van der Waals surface area contributed by atoms with Crippen LogP contribution in [0, 0.1) is 0 Å². The predicted octanol–water partition coefficient (Wildman–Crippen LogP) is 4.00. The van der Waals surface area contributed by atoms with Gasteiger partial charge in [-0.3, -0.25) is 14.8 Å². The highest BCUT2D eigenvalue weighted by atomic mass is 16.3. The first-order valence-corrected chi connectivity index (χ1v) is 13.2. The van der Waals surface area contributed by atoms with Crippen molar-refractivity contribution in [1.82, 2.24) is 39.3 Å². The number of aromatic nitrogens is 6. The lowest BCUT2D eigenvalue weighted by Gasteiger charge is -2.16. The number of nitrogens with one attached hydrogen (secondary N) is 2. The molecular formula is C30H30N8O2. The molecule has 0 saturated carbocycles. The minimum absolute atomic E-state index is 0.146. The molecule has 4 aromatic heterocycles. The Balaban J connectivity index is 1.17. The van der Waals surface area contributed by atoms with E-state index in [-0.39, 0.29) is 17.5 Å². The maximum Gasteiger partial charge on any atom is 0.274 e. The lowest BCUT2D eigenvalue weighted by atomic mass is 10.1. The van der Waals surface area contributed by atoms with Crippen molar-refractivity contribution in [1.29, 1.82) is 0 Å². The zero-order valence-corrected chi connectivity index (χ0v) is 22.3. The lowest BCUT2D eigenvalue weighted by Crippen LogP contribution is -2.29. The van der Waals surface area contributed by atoms with Crippen molar-refractivity contribution in [3.05, 3.63) is 114 Å². The van der Waals surface area contributed by atoms with Crippen LogP contribution in [-0.2, 0) is 13.6 Å². The fraction of sp³-hybridized carbons (Fsp3) is 0.200. The number of benzene rings is 1. The molecule has 10 heteroatoms. The first-order chi connectivity index (χ1) is 19.5. The summed E-state index contributed by atoms with van der Waals surface area (Å²) in [6.07, 6.45) is 12.7. The molecular weight excluding hydrogens is 504 g/mol. The molecule has 202 valence electrons. The van der Waals surface area contributed by atoms with Gasteiger partial charge in [0.15, 0.2) is 0 Å². The van der Waals surface area contributed by atoms with E-state index in [0.29, 0.717) is 24.2 Å². The molecule has 1 aliphatic heterocycles. The molecule has 10 nitrogen and oxygen atoms in total. The summed E-state index contributed by atoms with van der Waals surface area (Å²) in [5.74, 6) is 0.751. The molecule has 0 bridgehead atoms. The molecule has 0 aliphatic carbocycles. The zero-order valence-electron chi connectivity index (χ0n) is 22.3. The van der Waals surface area contributed by atoms with Crippen molar-refractivity contribution in [2.24, 2.45) is 7.05 Å². The summed E-state index contributed by atoms with van der Waals surface area (Å²) in [6.45, 7) is 2.44. The number of carbonyl (C=O) groups is 1. The minimum atomic E-state index is -1.11. The summed E-state index contributed by atoms with van der Waals surface area (Å²) < 4.78 is 5.39. The van der Waals surface area contributed by atoms with E-state index in [1.807, 2.05) is 94.4 Å². The second kappa shape index (κ2) is 10.8. The molecule has 2 atom stereocenters. The fourth-order valence-electron chi connectivity index (χ4n) is 4.88. The number of carbonyl (C=O) groups excluding carboxylic acids is 1. The maximum absolute atomic E-state index is 13.4. The molecule has 40 heavy (non-hydrogen) atoms. The van der Waals surface area contributed by atoms with Gasteiger partial charge in [0.25, 0.3) is 5.91 Å². The van der Waals surface area contributed by atoms with Gasteiger partial charge in [-0.2, -0.15) is 5.10 Å². The van der Waals surface area contributed by atoms with Crippen LogP contribution in [0.15, 0.2) is 91.2 Å². The largest absolute Gasteiger partial charge is 0.374 e. The molecule has 2 unspecified atom stereocenters. The average molecular weight is 535 g/mol. The van der Waals surface area contributed by atoms with Gasteiger partial charge in [0, 0.05) is 61.1 Å². The van der Waals surface area contributed by atoms with Crippen molar-refractivity contribution in [3.8, 4) is 11.3 Å². The van der Waals surface area contributed by atoms with E-state index in [2.05, 4.69) is 27.6 Å². The predicted molar refractivity (Wildman–Crippen MR) is 152 cm³/mol. The maximum atomic E-state index is 13.4. The third kappa shape index (κ3) is 5.09. The summed E-state index contributed by atoms with van der Waals surface area (Å²) >= 11 is 0. The van der Waals surface area contributed by atoms with Crippen LogP contribution in [0.1, 0.15) is 53.1 Å². The van der Waals surface area contributed by atoms with Crippen molar-refractivity contribution < 1.29 is 9.90 Å².